The van der Waals surface area contributed by atoms with Crippen molar-refractivity contribution in [1.82, 2.24) is 5.01 Å². The van der Waals surface area contributed by atoms with E-state index >= 15 is 0 Å². The number of nitro benzene ring substituents is 1. The Bertz CT molecular complexity index is 682. The molecule has 0 bridgehead atoms. The maximum Gasteiger partial charge on any atom is 0.269 e. The van der Waals surface area contributed by atoms with Gasteiger partial charge in [0, 0.05) is 19.2 Å². The monoisotopic (exact) mass is 297 g/mol. The molecule has 0 fully saturated rings. The minimum atomic E-state index is -0.462. The lowest BCUT2D eigenvalue weighted by Crippen LogP contribution is -2.23. The molecule has 0 aliphatic carbocycles. The molecule has 6 nitrogen and oxygen atoms in total. The van der Waals surface area contributed by atoms with Crippen LogP contribution in [0.1, 0.15) is 11.1 Å². The summed E-state index contributed by atoms with van der Waals surface area (Å²) in [5.41, 5.74) is 1.63. The lowest BCUT2D eigenvalue weighted by Gasteiger charge is -2.10. The first-order valence-electron chi connectivity index (χ1n) is 6.65. The van der Waals surface area contributed by atoms with Crippen LogP contribution < -0.4 is 0 Å². The number of hydrogen-bond acceptors (Lipinski definition) is 4. The highest BCUT2D eigenvalue weighted by molar-refractivity contribution is 5.83. The average molecular weight is 297 g/mol. The fourth-order valence-corrected chi connectivity index (χ4v) is 1.78. The van der Waals surface area contributed by atoms with Crippen molar-refractivity contribution in [2.75, 3.05) is 7.05 Å². The SMILES string of the molecule is CN(N=Cc1ccc([N+](=O)[O-])cc1)C(=O)Cc1ccccc1. The Balaban J connectivity index is 1.97. The van der Waals surface area contributed by atoms with Gasteiger partial charge in [0.1, 0.15) is 0 Å². The van der Waals surface area contributed by atoms with Gasteiger partial charge in [-0.15, -0.1) is 0 Å². The number of hydrogen-bond donors (Lipinski definition) is 0. The fraction of sp³-hybridized carbons (Fsp3) is 0.125. The van der Waals surface area contributed by atoms with Gasteiger partial charge in [-0.05, 0) is 23.3 Å². The van der Waals surface area contributed by atoms with Gasteiger partial charge in [0.2, 0.25) is 5.91 Å². The summed E-state index contributed by atoms with van der Waals surface area (Å²) in [6.07, 6.45) is 1.77. The van der Waals surface area contributed by atoms with Crippen LogP contribution in [0.4, 0.5) is 5.69 Å². The van der Waals surface area contributed by atoms with E-state index in [4.69, 9.17) is 0 Å². The van der Waals surface area contributed by atoms with Gasteiger partial charge in [-0.1, -0.05) is 30.3 Å². The van der Waals surface area contributed by atoms with Gasteiger partial charge in [0.25, 0.3) is 5.69 Å². The Labute approximate surface area is 127 Å². The van der Waals surface area contributed by atoms with Crippen LogP contribution in [0.2, 0.25) is 0 Å². The molecule has 0 saturated heterocycles. The molecule has 0 spiro atoms. The number of hydrazone groups is 1. The molecule has 2 aromatic rings. The van der Waals surface area contributed by atoms with Gasteiger partial charge in [-0.25, -0.2) is 5.01 Å². The van der Waals surface area contributed by atoms with Crippen molar-refractivity contribution in [2.24, 2.45) is 5.10 Å². The number of non-ortho nitro benzene ring substituents is 1. The lowest BCUT2D eigenvalue weighted by molar-refractivity contribution is -0.384. The molecule has 2 rings (SSSR count). The summed E-state index contributed by atoms with van der Waals surface area (Å²) in [6, 6.07) is 15.4. The van der Waals surface area contributed by atoms with E-state index < -0.39 is 4.92 Å². The normalized spacial score (nSPS) is 10.6. The van der Waals surface area contributed by atoms with E-state index in [0.29, 0.717) is 5.56 Å². The number of carbonyl (C=O) groups is 1. The van der Waals surface area contributed by atoms with Crippen LogP contribution in [0.25, 0.3) is 0 Å². The number of benzene rings is 2. The zero-order valence-corrected chi connectivity index (χ0v) is 12.0. The predicted octanol–water partition coefficient (Wildman–Crippen LogP) is 2.63. The Morgan fingerprint density at radius 2 is 1.82 bits per heavy atom. The van der Waals surface area contributed by atoms with E-state index in [1.807, 2.05) is 30.3 Å². The third-order valence-electron chi connectivity index (χ3n) is 3.04. The number of likely N-dealkylation sites (N-methyl/N-ethyl adjacent to an activating group) is 1. The summed E-state index contributed by atoms with van der Waals surface area (Å²) in [6.45, 7) is 0. The van der Waals surface area contributed by atoms with Crippen molar-refractivity contribution >= 4 is 17.8 Å². The van der Waals surface area contributed by atoms with Crippen LogP contribution in [-0.2, 0) is 11.2 Å². The van der Waals surface area contributed by atoms with Crippen LogP contribution in [0.15, 0.2) is 59.7 Å². The van der Waals surface area contributed by atoms with Crippen molar-refractivity contribution in [3.8, 4) is 0 Å². The standard InChI is InChI=1S/C16H15N3O3/c1-18(16(20)11-13-5-3-2-4-6-13)17-12-14-7-9-15(10-8-14)19(21)22/h2-10,12H,11H2,1H3. The van der Waals surface area contributed by atoms with E-state index in [-0.39, 0.29) is 18.0 Å². The smallest absolute Gasteiger partial charge is 0.269 e. The molecule has 1 amide bonds. The molecule has 0 atom stereocenters. The van der Waals surface area contributed by atoms with E-state index in [0.717, 1.165) is 5.56 Å². The van der Waals surface area contributed by atoms with Crippen LogP contribution in [0.3, 0.4) is 0 Å². The van der Waals surface area contributed by atoms with Crippen molar-refractivity contribution < 1.29 is 9.72 Å². The molecule has 0 N–H and O–H groups in total. The summed E-state index contributed by atoms with van der Waals surface area (Å²) in [4.78, 5) is 22.1. The number of amides is 1. The van der Waals surface area contributed by atoms with Crippen molar-refractivity contribution in [1.29, 1.82) is 0 Å². The molecule has 22 heavy (non-hydrogen) atoms. The molecule has 0 aliphatic heterocycles. The molecule has 0 heterocycles. The molecule has 0 radical (unpaired) electrons. The van der Waals surface area contributed by atoms with E-state index in [1.54, 1.807) is 19.2 Å². The first-order valence-corrected chi connectivity index (χ1v) is 6.65. The number of carbonyl (C=O) groups excluding carboxylic acids is 1. The highest BCUT2D eigenvalue weighted by atomic mass is 16.6. The van der Waals surface area contributed by atoms with Crippen molar-refractivity contribution in [2.45, 2.75) is 6.42 Å². The number of rotatable bonds is 5. The van der Waals surface area contributed by atoms with Gasteiger partial charge >= 0.3 is 0 Å². The Morgan fingerprint density at radius 3 is 2.41 bits per heavy atom. The molecule has 6 heteroatoms. The van der Waals surface area contributed by atoms with E-state index in [1.165, 1.54) is 23.4 Å². The van der Waals surface area contributed by atoms with Gasteiger partial charge in [0.05, 0.1) is 17.6 Å². The van der Waals surface area contributed by atoms with E-state index in [9.17, 15) is 14.9 Å². The molecular weight excluding hydrogens is 282 g/mol. The highest BCUT2D eigenvalue weighted by Crippen LogP contribution is 2.10. The quantitative estimate of drug-likeness (QED) is 0.483. The summed E-state index contributed by atoms with van der Waals surface area (Å²) in [7, 11) is 1.58. The third-order valence-corrected chi connectivity index (χ3v) is 3.04. The van der Waals surface area contributed by atoms with Gasteiger partial charge < -0.3 is 0 Å². The summed E-state index contributed by atoms with van der Waals surface area (Å²) < 4.78 is 0. The van der Waals surface area contributed by atoms with Crippen molar-refractivity contribution in [3.05, 3.63) is 75.8 Å². The summed E-state index contributed by atoms with van der Waals surface area (Å²) in [5, 5.41) is 15.9. The Hall–Kier alpha value is -3.02. The maximum absolute atomic E-state index is 12.0. The van der Waals surface area contributed by atoms with Gasteiger partial charge in [0.15, 0.2) is 0 Å². The largest absolute Gasteiger partial charge is 0.273 e. The number of nitrogens with zero attached hydrogens (tertiary/aromatic N) is 3. The first kappa shape index (κ1) is 15.4. The molecule has 2 aromatic carbocycles. The zero-order valence-electron chi connectivity index (χ0n) is 12.0. The van der Waals surface area contributed by atoms with E-state index in [2.05, 4.69) is 5.10 Å². The Kier molecular flexibility index (Phi) is 4.98. The van der Waals surface area contributed by atoms with Crippen LogP contribution in [-0.4, -0.2) is 29.1 Å². The maximum atomic E-state index is 12.0. The third kappa shape index (κ3) is 4.24. The van der Waals surface area contributed by atoms with Gasteiger partial charge in [-0.3, -0.25) is 14.9 Å². The lowest BCUT2D eigenvalue weighted by atomic mass is 10.1. The number of nitro groups is 1. The van der Waals surface area contributed by atoms with Crippen molar-refractivity contribution in [3.63, 3.8) is 0 Å². The molecule has 0 aliphatic rings. The topological polar surface area (TPSA) is 75.8 Å². The molecule has 0 aromatic heterocycles. The average Bonchev–Trinajstić information content (AvgIpc) is 2.53. The molecule has 112 valence electrons. The summed E-state index contributed by atoms with van der Waals surface area (Å²) in [5.74, 6) is -0.135. The minimum Gasteiger partial charge on any atom is -0.273 e. The minimum absolute atomic E-state index is 0.0191. The zero-order chi connectivity index (χ0) is 15.9. The predicted molar refractivity (Wildman–Crippen MR) is 83.6 cm³/mol. The second-order valence-corrected chi connectivity index (χ2v) is 4.67. The molecule has 0 unspecified atom stereocenters. The second-order valence-electron chi connectivity index (χ2n) is 4.67. The highest BCUT2D eigenvalue weighted by Gasteiger charge is 2.08. The van der Waals surface area contributed by atoms with Crippen LogP contribution in [0, 0.1) is 10.1 Å². The summed E-state index contributed by atoms with van der Waals surface area (Å²) >= 11 is 0. The first-order chi connectivity index (χ1) is 10.6. The van der Waals surface area contributed by atoms with Crippen LogP contribution >= 0.6 is 0 Å². The Morgan fingerprint density at radius 1 is 1.18 bits per heavy atom. The fourth-order valence-electron chi connectivity index (χ4n) is 1.78. The molecule has 0 saturated carbocycles. The van der Waals surface area contributed by atoms with Crippen LogP contribution in [0.5, 0.6) is 0 Å². The second kappa shape index (κ2) is 7.12. The molecular formula is C16H15N3O3. The van der Waals surface area contributed by atoms with Gasteiger partial charge in [-0.2, -0.15) is 5.10 Å².